The molecule has 0 aliphatic heterocycles. The van der Waals surface area contributed by atoms with Crippen LogP contribution in [0.25, 0.3) is 5.69 Å². The molecule has 0 atom stereocenters. The van der Waals surface area contributed by atoms with Crippen LogP contribution >= 0.6 is 11.8 Å². The molecule has 176 valence electrons. The molecule has 33 heavy (non-hydrogen) atoms. The van der Waals surface area contributed by atoms with Crippen LogP contribution in [-0.4, -0.2) is 30.8 Å². The highest BCUT2D eigenvalue weighted by molar-refractivity contribution is 8.00. The van der Waals surface area contributed by atoms with Gasteiger partial charge in [0.25, 0.3) is 0 Å². The molecule has 0 bridgehead atoms. The van der Waals surface area contributed by atoms with Crippen LogP contribution in [-0.2, 0) is 6.54 Å². The molecule has 1 fully saturated rings. The number of halogens is 3. The van der Waals surface area contributed by atoms with Gasteiger partial charge in [-0.25, -0.2) is 14.3 Å². The average Bonchev–Trinajstić information content (AvgIpc) is 2.98. The summed E-state index contributed by atoms with van der Waals surface area (Å²) >= 11 is -0.230. The zero-order chi connectivity index (χ0) is 23.6. The van der Waals surface area contributed by atoms with E-state index in [4.69, 9.17) is 0 Å². The molecule has 2 heterocycles. The molecule has 2 aromatic heterocycles. The van der Waals surface area contributed by atoms with Crippen molar-refractivity contribution in [3.05, 3.63) is 64.3 Å². The maximum absolute atomic E-state index is 13.1. The van der Waals surface area contributed by atoms with Crippen LogP contribution in [0.3, 0.4) is 0 Å². The highest BCUT2D eigenvalue weighted by atomic mass is 32.2. The van der Waals surface area contributed by atoms with E-state index in [2.05, 4.69) is 10.3 Å². The van der Waals surface area contributed by atoms with Gasteiger partial charge in [-0.05, 0) is 73.5 Å². The van der Waals surface area contributed by atoms with Crippen LogP contribution < -0.4 is 11.0 Å². The molecule has 2 N–H and O–H groups in total. The predicted molar refractivity (Wildman–Crippen MR) is 122 cm³/mol. The predicted octanol–water partition coefficient (Wildman–Crippen LogP) is 5.45. The maximum Gasteiger partial charge on any atom is 0.446 e. The van der Waals surface area contributed by atoms with Crippen molar-refractivity contribution in [1.82, 2.24) is 14.1 Å². The molecule has 1 saturated carbocycles. The summed E-state index contributed by atoms with van der Waals surface area (Å²) in [4.78, 5) is 17.5. The molecule has 0 unspecified atom stereocenters. The fourth-order valence-corrected chi connectivity index (χ4v) is 4.68. The number of rotatable bonds is 6. The minimum atomic E-state index is -4.39. The van der Waals surface area contributed by atoms with Crippen LogP contribution in [0.2, 0.25) is 0 Å². The van der Waals surface area contributed by atoms with E-state index in [0.29, 0.717) is 17.4 Å². The normalized spacial score (nSPS) is 15.0. The van der Waals surface area contributed by atoms with Crippen molar-refractivity contribution in [2.24, 2.45) is 0 Å². The molecule has 0 radical (unpaired) electrons. The van der Waals surface area contributed by atoms with Gasteiger partial charge in [-0.15, -0.1) is 0 Å². The number of hydrogen-bond donors (Lipinski definition) is 2. The van der Waals surface area contributed by atoms with Gasteiger partial charge < -0.3 is 10.4 Å². The first-order valence-corrected chi connectivity index (χ1v) is 11.6. The van der Waals surface area contributed by atoms with E-state index in [9.17, 15) is 23.1 Å². The van der Waals surface area contributed by atoms with Crippen molar-refractivity contribution >= 4 is 17.6 Å². The molecule has 0 saturated heterocycles. The third kappa shape index (κ3) is 5.55. The van der Waals surface area contributed by atoms with Gasteiger partial charge in [-0.3, -0.25) is 4.57 Å². The van der Waals surface area contributed by atoms with Crippen molar-refractivity contribution in [2.45, 2.75) is 62.0 Å². The number of benzene rings is 1. The number of anilines is 1. The zero-order valence-corrected chi connectivity index (χ0v) is 18.9. The van der Waals surface area contributed by atoms with Gasteiger partial charge in [0.1, 0.15) is 5.82 Å². The first-order chi connectivity index (χ1) is 15.7. The summed E-state index contributed by atoms with van der Waals surface area (Å²) in [6.07, 6.45) is 7.58. The lowest BCUT2D eigenvalue weighted by molar-refractivity contribution is -0.0328. The van der Waals surface area contributed by atoms with Crippen molar-refractivity contribution < 1.29 is 18.3 Å². The fraction of sp³-hybridized carbons (Fsp3) is 0.391. The molecule has 0 amide bonds. The molecule has 10 heteroatoms. The first-order valence-electron chi connectivity index (χ1n) is 10.8. The average molecular weight is 479 g/mol. The molecular weight excluding hydrogens is 453 g/mol. The molecule has 1 aliphatic carbocycles. The number of imidazole rings is 1. The van der Waals surface area contributed by atoms with Crippen molar-refractivity contribution in [2.75, 3.05) is 5.32 Å². The summed E-state index contributed by atoms with van der Waals surface area (Å²) in [5, 5.41) is 14.1. The van der Waals surface area contributed by atoms with E-state index < -0.39 is 11.2 Å². The second kappa shape index (κ2) is 9.54. The number of aromatic nitrogens is 3. The molecule has 3 aromatic rings. The van der Waals surface area contributed by atoms with Crippen LogP contribution in [0, 0.1) is 6.92 Å². The Morgan fingerprint density at radius 1 is 1.15 bits per heavy atom. The van der Waals surface area contributed by atoms with Gasteiger partial charge >= 0.3 is 11.2 Å². The Balaban J connectivity index is 1.56. The number of aromatic hydroxyl groups is 1. The standard InChI is InChI=1S/C23H25F3N4O2S/c1-15-21(31)30(18-7-9-19(10-8-18)33-23(24,25)26)22(32)29(15)14-16-11-12-27-20(13-16)28-17-5-3-2-4-6-17/h7-13,17,31H,2-6,14H2,1H3,(H,27,28). The van der Waals surface area contributed by atoms with Crippen molar-refractivity contribution in [3.8, 4) is 11.6 Å². The summed E-state index contributed by atoms with van der Waals surface area (Å²) in [7, 11) is 0. The maximum atomic E-state index is 13.1. The van der Waals surface area contributed by atoms with E-state index in [1.165, 1.54) is 48.1 Å². The summed E-state index contributed by atoms with van der Waals surface area (Å²) in [6, 6.07) is 9.44. The molecular formula is C23H25F3N4O2S. The van der Waals surface area contributed by atoms with Gasteiger partial charge in [0.2, 0.25) is 5.88 Å². The van der Waals surface area contributed by atoms with Gasteiger partial charge in [0.05, 0.1) is 17.9 Å². The van der Waals surface area contributed by atoms with Crippen LogP contribution in [0.4, 0.5) is 19.0 Å². The Hall–Kier alpha value is -2.88. The molecule has 4 rings (SSSR count). The van der Waals surface area contributed by atoms with Crippen molar-refractivity contribution in [3.63, 3.8) is 0 Å². The van der Waals surface area contributed by atoms with E-state index in [-0.39, 0.29) is 29.1 Å². The van der Waals surface area contributed by atoms with Gasteiger partial charge in [0.15, 0.2) is 0 Å². The quantitative estimate of drug-likeness (QED) is 0.461. The smallest absolute Gasteiger partial charge is 0.446 e. The summed E-state index contributed by atoms with van der Waals surface area (Å²) in [6.45, 7) is 1.86. The summed E-state index contributed by atoms with van der Waals surface area (Å²) in [5.74, 6) is 0.511. The highest BCUT2D eigenvalue weighted by Crippen LogP contribution is 2.37. The molecule has 0 spiro atoms. The molecule has 1 aromatic carbocycles. The Bertz CT molecular complexity index is 1170. The van der Waals surface area contributed by atoms with Crippen LogP contribution in [0.15, 0.2) is 52.3 Å². The SMILES string of the molecule is Cc1c(O)n(-c2ccc(SC(F)(F)F)cc2)c(=O)n1Cc1ccnc(NC2CCCCC2)c1. The Kier molecular flexibility index (Phi) is 6.73. The number of thioether (sulfide) groups is 1. The molecule has 1 aliphatic rings. The first kappa shape index (κ1) is 23.3. The number of nitrogens with zero attached hydrogens (tertiary/aromatic N) is 3. The topological polar surface area (TPSA) is 72.1 Å². The number of nitrogens with one attached hydrogen (secondary N) is 1. The highest BCUT2D eigenvalue weighted by Gasteiger charge is 2.29. The lowest BCUT2D eigenvalue weighted by atomic mass is 9.95. The van der Waals surface area contributed by atoms with E-state index in [0.717, 1.165) is 28.8 Å². The summed E-state index contributed by atoms with van der Waals surface area (Å²) in [5.41, 5.74) is -3.36. The molecule has 6 nitrogen and oxygen atoms in total. The van der Waals surface area contributed by atoms with Gasteiger partial charge in [-0.1, -0.05) is 19.3 Å². The van der Waals surface area contributed by atoms with Crippen LogP contribution in [0.1, 0.15) is 43.4 Å². The second-order valence-corrected chi connectivity index (χ2v) is 9.32. The fourth-order valence-electron chi connectivity index (χ4n) is 4.14. The van der Waals surface area contributed by atoms with E-state index >= 15 is 0 Å². The Morgan fingerprint density at radius 3 is 2.52 bits per heavy atom. The van der Waals surface area contributed by atoms with Crippen molar-refractivity contribution in [1.29, 1.82) is 0 Å². The number of alkyl halides is 3. The Morgan fingerprint density at radius 2 is 1.85 bits per heavy atom. The van der Waals surface area contributed by atoms with Gasteiger partial charge in [0, 0.05) is 17.1 Å². The number of pyridine rings is 1. The second-order valence-electron chi connectivity index (χ2n) is 8.18. The Labute approximate surface area is 193 Å². The van der Waals surface area contributed by atoms with E-state index in [1.807, 2.05) is 12.1 Å². The minimum absolute atomic E-state index is 0.00437. The van der Waals surface area contributed by atoms with E-state index in [1.54, 1.807) is 13.1 Å². The monoisotopic (exact) mass is 478 g/mol. The number of hydrogen-bond acceptors (Lipinski definition) is 5. The third-order valence-corrected chi connectivity index (χ3v) is 6.55. The third-order valence-electron chi connectivity index (χ3n) is 5.81. The summed E-state index contributed by atoms with van der Waals surface area (Å²) < 4.78 is 40.2. The minimum Gasteiger partial charge on any atom is -0.493 e. The van der Waals surface area contributed by atoms with Crippen LogP contribution in [0.5, 0.6) is 5.88 Å². The van der Waals surface area contributed by atoms with Gasteiger partial charge in [-0.2, -0.15) is 13.2 Å². The lowest BCUT2D eigenvalue weighted by Crippen LogP contribution is -2.25. The lowest BCUT2D eigenvalue weighted by Gasteiger charge is -2.23. The zero-order valence-electron chi connectivity index (χ0n) is 18.1. The largest absolute Gasteiger partial charge is 0.493 e.